The summed E-state index contributed by atoms with van der Waals surface area (Å²) in [7, 11) is 0. The van der Waals surface area contributed by atoms with E-state index in [4.69, 9.17) is 5.73 Å². The average molecular weight is 447 g/mol. The van der Waals surface area contributed by atoms with Crippen LogP contribution in [0.4, 0.5) is 19.1 Å². The maximum absolute atomic E-state index is 13.0. The normalized spacial score (nSPS) is 16.6. The van der Waals surface area contributed by atoms with E-state index < -0.39 is 11.7 Å². The number of anilines is 1. The summed E-state index contributed by atoms with van der Waals surface area (Å²) in [6, 6.07) is 4.51. The van der Waals surface area contributed by atoms with E-state index in [0.717, 1.165) is 29.3 Å². The molecule has 1 amide bonds. The van der Waals surface area contributed by atoms with Crippen LogP contribution < -0.4 is 5.73 Å². The number of amides is 1. The molecule has 3 heterocycles. The van der Waals surface area contributed by atoms with Crippen LogP contribution >= 0.6 is 11.3 Å². The highest BCUT2D eigenvalue weighted by atomic mass is 32.1. The maximum Gasteiger partial charge on any atom is 0.416 e. The van der Waals surface area contributed by atoms with Crippen LogP contribution in [-0.2, 0) is 17.4 Å². The van der Waals surface area contributed by atoms with Gasteiger partial charge in [0.2, 0.25) is 11.9 Å². The van der Waals surface area contributed by atoms with Crippen molar-refractivity contribution < 1.29 is 18.0 Å². The molecule has 31 heavy (non-hydrogen) atoms. The second-order valence-corrected chi connectivity index (χ2v) is 8.44. The number of nitrogens with zero attached hydrogens (tertiary/aromatic N) is 4. The number of hydrogen-bond acceptors (Lipinski definition) is 6. The number of thiazole rings is 1. The first kappa shape index (κ1) is 21.2. The van der Waals surface area contributed by atoms with Gasteiger partial charge in [0.1, 0.15) is 0 Å². The van der Waals surface area contributed by atoms with Crippen LogP contribution in [0.1, 0.15) is 40.8 Å². The van der Waals surface area contributed by atoms with Crippen LogP contribution in [0.15, 0.2) is 35.8 Å². The molecule has 1 saturated heterocycles. The van der Waals surface area contributed by atoms with Crippen molar-refractivity contribution in [1.82, 2.24) is 19.9 Å². The largest absolute Gasteiger partial charge is 0.416 e. The number of halogens is 3. The third-order valence-electron chi connectivity index (χ3n) is 5.25. The van der Waals surface area contributed by atoms with Crippen molar-refractivity contribution >= 4 is 23.2 Å². The molecule has 4 rings (SSSR count). The Kier molecular flexibility index (Phi) is 5.65. The third kappa shape index (κ3) is 4.53. The zero-order valence-corrected chi connectivity index (χ0v) is 17.5. The Morgan fingerprint density at radius 2 is 2.00 bits per heavy atom. The zero-order valence-electron chi connectivity index (χ0n) is 16.7. The Labute approximate surface area is 181 Å². The molecule has 1 aliphatic heterocycles. The van der Waals surface area contributed by atoms with Crippen LogP contribution in [0.5, 0.6) is 0 Å². The van der Waals surface area contributed by atoms with Gasteiger partial charge in [-0.2, -0.15) is 13.2 Å². The summed E-state index contributed by atoms with van der Waals surface area (Å²) < 4.78 is 38.8. The number of likely N-dealkylation sites (tertiary alicyclic amines) is 1. The first-order valence-electron chi connectivity index (χ1n) is 9.73. The summed E-state index contributed by atoms with van der Waals surface area (Å²) >= 11 is 1.49. The van der Waals surface area contributed by atoms with Crippen molar-refractivity contribution in [2.45, 2.75) is 38.4 Å². The van der Waals surface area contributed by atoms with E-state index in [1.807, 2.05) is 12.3 Å². The molecule has 0 aliphatic carbocycles. The molecular weight excluding hydrogens is 427 g/mol. The summed E-state index contributed by atoms with van der Waals surface area (Å²) in [4.78, 5) is 27.5. The minimum absolute atomic E-state index is 0.0556. The Balaban J connectivity index is 1.65. The zero-order chi connectivity index (χ0) is 22.2. The lowest BCUT2D eigenvalue weighted by Gasteiger charge is -2.26. The first-order valence-corrected chi connectivity index (χ1v) is 10.6. The predicted octanol–water partition coefficient (Wildman–Crippen LogP) is 4.42. The molecule has 2 N–H and O–H groups in total. The summed E-state index contributed by atoms with van der Waals surface area (Å²) in [5, 5.41) is 2.77. The SMILES string of the molecule is Cc1nc(CC(=O)N2CCC[C@@H]2c2nc(N)ncc2-c2ccc(C(F)(F)F)cc2)cs1. The molecule has 6 nitrogen and oxygen atoms in total. The predicted molar refractivity (Wildman–Crippen MR) is 111 cm³/mol. The summed E-state index contributed by atoms with van der Waals surface area (Å²) in [6.45, 7) is 2.46. The summed E-state index contributed by atoms with van der Waals surface area (Å²) in [5.74, 6) is -0.0107. The van der Waals surface area contributed by atoms with E-state index in [2.05, 4.69) is 15.0 Å². The van der Waals surface area contributed by atoms with Crippen LogP contribution in [0.3, 0.4) is 0 Å². The molecule has 1 atom stereocenters. The number of carbonyl (C=O) groups excluding carboxylic acids is 1. The van der Waals surface area contributed by atoms with E-state index >= 15 is 0 Å². The monoisotopic (exact) mass is 447 g/mol. The molecule has 1 aliphatic rings. The minimum Gasteiger partial charge on any atom is -0.368 e. The van der Waals surface area contributed by atoms with Gasteiger partial charge in [0, 0.05) is 23.7 Å². The van der Waals surface area contributed by atoms with Crippen LogP contribution in [0.25, 0.3) is 11.1 Å². The number of benzene rings is 1. The van der Waals surface area contributed by atoms with Gasteiger partial charge in [-0.15, -0.1) is 11.3 Å². The molecular formula is C21H20F3N5OS. The fourth-order valence-electron chi connectivity index (χ4n) is 3.82. The van der Waals surface area contributed by atoms with Crippen molar-refractivity contribution in [2.24, 2.45) is 0 Å². The van der Waals surface area contributed by atoms with Crippen molar-refractivity contribution in [3.8, 4) is 11.1 Å². The first-order chi connectivity index (χ1) is 14.7. The standard InChI is InChI=1S/C21H20F3N5OS/c1-12-27-15(11-31-12)9-18(30)29-8-2-3-17(29)19-16(10-26-20(25)28-19)13-4-6-14(7-5-13)21(22,23)24/h4-7,10-11,17H,2-3,8-9H2,1H3,(H2,25,26,28)/t17-/m1/s1. The van der Waals surface area contributed by atoms with Crippen molar-refractivity contribution in [3.05, 3.63) is 57.8 Å². The Morgan fingerprint density at radius 1 is 1.26 bits per heavy atom. The number of alkyl halides is 3. The van der Waals surface area contributed by atoms with Crippen molar-refractivity contribution in [3.63, 3.8) is 0 Å². The van der Waals surface area contributed by atoms with E-state index in [-0.39, 0.29) is 24.3 Å². The molecule has 3 aromatic rings. The van der Waals surface area contributed by atoms with Crippen LogP contribution in [0.2, 0.25) is 0 Å². The molecule has 0 spiro atoms. The molecule has 0 bridgehead atoms. The number of aromatic nitrogens is 3. The van der Waals surface area contributed by atoms with Gasteiger partial charge in [0.15, 0.2) is 0 Å². The minimum atomic E-state index is -4.41. The fraction of sp³-hybridized carbons (Fsp3) is 0.333. The molecule has 10 heteroatoms. The number of aryl methyl sites for hydroxylation is 1. The van der Waals surface area contributed by atoms with E-state index in [1.54, 1.807) is 4.90 Å². The number of hydrogen-bond donors (Lipinski definition) is 1. The summed E-state index contributed by atoms with van der Waals surface area (Å²) in [5.41, 5.74) is 7.47. The highest BCUT2D eigenvalue weighted by molar-refractivity contribution is 7.09. The fourth-order valence-corrected chi connectivity index (χ4v) is 4.43. The van der Waals surface area contributed by atoms with Crippen LogP contribution in [-0.4, -0.2) is 32.3 Å². The second-order valence-electron chi connectivity index (χ2n) is 7.38. The Hall–Kier alpha value is -3.01. The van der Waals surface area contributed by atoms with Gasteiger partial charge in [-0.05, 0) is 37.5 Å². The third-order valence-corrected chi connectivity index (χ3v) is 6.07. The highest BCUT2D eigenvalue weighted by Gasteiger charge is 2.34. The van der Waals surface area contributed by atoms with Gasteiger partial charge in [-0.1, -0.05) is 12.1 Å². The lowest BCUT2D eigenvalue weighted by molar-refractivity contribution is -0.137. The van der Waals surface area contributed by atoms with Gasteiger partial charge in [0.05, 0.1) is 34.4 Å². The topological polar surface area (TPSA) is 85.0 Å². The van der Waals surface area contributed by atoms with Crippen LogP contribution in [0, 0.1) is 6.92 Å². The average Bonchev–Trinajstić information content (AvgIpc) is 3.36. The maximum atomic E-state index is 13.0. The quantitative estimate of drug-likeness (QED) is 0.640. The smallest absolute Gasteiger partial charge is 0.368 e. The molecule has 0 unspecified atom stereocenters. The number of rotatable bonds is 4. The van der Waals surface area contributed by atoms with Crippen molar-refractivity contribution in [2.75, 3.05) is 12.3 Å². The lowest BCUT2D eigenvalue weighted by atomic mass is 9.98. The molecule has 1 aromatic carbocycles. The van der Waals surface area contributed by atoms with E-state index in [0.29, 0.717) is 29.8 Å². The number of carbonyl (C=O) groups is 1. The molecule has 1 fully saturated rings. The lowest BCUT2D eigenvalue weighted by Crippen LogP contribution is -2.32. The molecule has 0 saturated carbocycles. The van der Waals surface area contributed by atoms with E-state index in [9.17, 15) is 18.0 Å². The van der Waals surface area contributed by atoms with Gasteiger partial charge in [0.25, 0.3) is 0 Å². The van der Waals surface area contributed by atoms with Gasteiger partial charge in [-0.3, -0.25) is 4.79 Å². The van der Waals surface area contributed by atoms with Crippen molar-refractivity contribution in [1.29, 1.82) is 0 Å². The van der Waals surface area contributed by atoms with Gasteiger partial charge >= 0.3 is 6.18 Å². The second kappa shape index (κ2) is 8.26. The number of nitrogen functional groups attached to an aromatic ring is 1. The van der Waals surface area contributed by atoms with Gasteiger partial charge in [-0.25, -0.2) is 15.0 Å². The molecule has 0 radical (unpaired) electrons. The molecule has 2 aromatic heterocycles. The van der Waals surface area contributed by atoms with Gasteiger partial charge < -0.3 is 10.6 Å². The Bertz CT molecular complexity index is 1100. The summed E-state index contributed by atoms with van der Waals surface area (Å²) in [6.07, 6.45) is -1.24. The number of nitrogens with two attached hydrogens (primary N) is 1. The molecule has 162 valence electrons. The Morgan fingerprint density at radius 3 is 2.65 bits per heavy atom. The van der Waals surface area contributed by atoms with E-state index in [1.165, 1.54) is 29.7 Å². The highest BCUT2D eigenvalue weighted by Crippen LogP contribution is 2.38.